The molecule has 106 valence electrons. The molecule has 3 rings (SSSR count). The van der Waals surface area contributed by atoms with Crippen LogP contribution in [0, 0.1) is 0 Å². The molecule has 0 unspecified atom stereocenters. The maximum absolute atomic E-state index is 5.62. The average Bonchev–Trinajstić information content (AvgIpc) is 3.15. The van der Waals surface area contributed by atoms with Gasteiger partial charge < -0.3 is 14.6 Å². The highest BCUT2D eigenvalue weighted by atomic mass is 16.5. The van der Waals surface area contributed by atoms with Gasteiger partial charge in [-0.05, 0) is 50.1 Å². The topological polar surface area (TPSA) is 39.1 Å². The molecule has 2 aromatic rings. The van der Waals surface area contributed by atoms with Crippen molar-refractivity contribution in [1.29, 1.82) is 0 Å². The Kier molecular flexibility index (Phi) is 4.02. The van der Waals surface area contributed by atoms with Crippen molar-refractivity contribution in [2.75, 3.05) is 13.2 Å². The monoisotopic (exact) mass is 271 g/mol. The molecule has 0 aliphatic carbocycles. The molecule has 2 heterocycles. The fourth-order valence-electron chi connectivity index (χ4n) is 2.64. The van der Waals surface area contributed by atoms with E-state index >= 15 is 0 Å². The second-order valence-corrected chi connectivity index (χ2v) is 5.18. The summed E-state index contributed by atoms with van der Waals surface area (Å²) in [6.45, 7) is 3.97. The Morgan fingerprint density at radius 1 is 1.35 bits per heavy atom. The maximum Gasteiger partial charge on any atom is 0.119 e. The molecule has 1 aliphatic heterocycles. The van der Waals surface area contributed by atoms with E-state index in [9.17, 15) is 0 Å². The fourth-order valence-corrected chi connectivity index (χ4v) is 2.64. The second-order valence-electron chi connectivity index (χ2n) is 5.18. The molecular weight excluding hydrogens is 250 g/mol. The molecule has 0 spiro atoms. The second kappa shape index (κ2) is 6.09. The number of benzene rings is 1. The quantitative estimate of drug-likeness (QED) is 0.908. The first-order chi connectivity index (χ1) is 9.88. The SMILES string of the molecule is CCCOc1ccc(-n2cncc2[C@@H]2CCCN2)cc1. The van der Waals surface area contributed by atoms with E-state index in [-0.39, 0.29) is 0 Å². The predicted octanol–water partition coefficient (Wildman–Crippen LogP) is 3.09. The van der Waals surface area contributed by atoms with Gasteiger partial charge >= 0.3 is 0 Å². The minimum atomic E-state index is 0.425. The van der Waals surface area contributed by atoms with E-state index in [4.69, 9.17) is 4.74 Å². The van der Waals surface area contributed by atoms with E-state index in [1.165, 1.54) is 18.5 Å². The number of nitrogens with one attached hydrogen (secondary N) is 1. The molecule has 1 atom stereocenters. The van der Waals surface area contributed by atoms with Gasteiger partial charge in [-0.25, -0.2) is 4.98 Å². The Hall–Kier alpha value is -1.81. The Labute approximate surface area is 119 Å². The lowest BCUT2D eigenvalue weighted by molar-refractivity contribution is 0.317. The Balaban J connectivity index is 1.80. The zero-order chi connectivity index (χ0) is 13.8. The van der Waals surface area contributed by atoms with E-state index in [1.807, 2.05) is 24.7 Å². The molecular formula is C16H21N3O. The van der Waals surface area contributed by atoms with Crippen molar-refractivity contribution < 1.29 is 4.74 Å². The summed E-state index contributed by atoms with van der Waals surface area (Å²) in [6.07, 6.45) is 7.30. The van der Waals surface area contributed by atoms with Crippen LogP contribution in [0.25, 0.3) is 5.69 Å². The summed E-state index contributed by atoms with van der Waals surface area (Å²) in [5, 5.41) is 3.52. The summed E-state index contributed by atoms with van der Waals surface area (Å²) in [7, 11) is 0. The minimum absolute atomic E-state index is 0.425. The van der Waals surface area contributed by atoms with Crippen molar-refractivity contribution in [1.82, 2.24) is 14.9 Å². The first kappa shape index (κ1) is 13.2. The largest absolute Gasteiger partial charge is 0.494 e. The van der Waals surface area contributed by atoms with Gasteiger partial charge in [0.1, 0.15) is 5.75 Å². The van der Waals surface area contributed by atoms with Gasteiger partial charge in [0, 0.05) is 11.7 Å². The zero-order valence-corrected chi connectivity index (χ0v) is 11.9. The number of nitrogens with zero attached hydrogens (tertiary/aromatic N) is 2. The van der Waals surface area contributed by atoms with Gasteiger partial charge in [-0.15, -0.1) is 0 Å². The van der Waals surface area contributed by atoms with Crippen molar-refractivity contribution >= 4 is 0 Å². The number of ether oxygens (including phenoxy) is 1. The van der Waals surface area contributed by atoms with Crippen molar-refractivity contribution in [3.63, 3.8) is 0 Å². The van der Waals surface area contributed by atoms with E-state index in [2.05, 4.69) is 33.9 Å². The highest BCUT2D eigenvalue weighted by Crippen LogP contribution is 2.25. The number of imidazole rings is 1. The summed E-state index contributed by atoms with van der Waals surface area (Å²) in [6, 6.07) is 8.65. The Bertz CT molecular complexity index is 541. The number of rotatable bonds is 5. The Morgan fingerprint density at radius 3 is 2.90 bits per heavy atom. The van der Waals surface area contributed by atoms with Crippen molar-refractivity contribution in [2.24, 2.45) is 0 Å². The van der Waals surface area contributed by atoms with Gasteiger partial charge in [0.2, 0.25) is 0 Å². The highest BCUT2D eigenvalue weighted by molar-refractivity contribution is 5.39. The molecule has 20 heavy (non-hydrogen) atoms. The predicted molar refractivity (Wildman–Crippen MR) is 79.3 cm³/mol. The normalized spacial score (nSPS) is 18.4. The molecule has 1 aromatic carbocycles. The van der Waals surface area contributed by atoms with Gasteiger partial charge in [0.05, 0.1) is 24.8 Å². The third-order valence-corrected chi connectivity index (χ3v) is 3.67. The van der Waals surface area contributed by atoms with Crippen LogP contribution in [0.15, 0.2) is 36.8 Å². The summed E-state index contributed by atoms with van der Waals surface area (Å²) in [5.41, 5.74) is 2.37. The van der Waals surface area contributed by atoms with Crippen LogP contribution < -0.4 is 10.1 Å². The highest BCUT2D eigenvalue weighted by Gasteiger charge is 2.20. The molecule has 4 nitrogen and oxygen atoms in total. The summed E-state index contributed by atoms with van der Waals surface area (Å²) >= 11 is 0. The molecule has 4 heteroatoms. The van der Waals surface area contributed by atoms with Crippen LogP contribution in [-0.2, 0) is 0 Å². The van der Waals surface area contributed by atoms with Crippen LogP contribution in [0.5, 0.6) is 5.75 Å². The van der Waals surface area contributed by atoms with E-state index in [0.29, 0.717) is 6.04 Å². The van der Waals surface area contributed by atoms with Crippen LogP contribution in [0.2, 0.25) is 0 Å². The van der Waals surface area contributed by atoms with Crippen LogP contribution in [0.4, 0.5) is 0 Å². The Morgan fingerprint density at radius 2 is 2.20 bits per heavy atom. The van der Waals surface area contributed by atoms with Gasteiger partial charge in [0.25, 0.3) is 0 Å². The molecule has 0 radical (unpaired) electrons. The third kappa shape index (κ3) is 2.70. The molecule has 1 saturated heterocycles. The van der Waals surface area contributed by atoms with Crippen LogP contribution in [-0.4, -0.2) is 22.7 Å². The summed E-state index contributed by atoms with van der Waals surface area (Å²) < 4.78 is 7.78. The zero-order valence-electron chi connectivity index (χ0n) is 11.9. The third-order valence-electron chi connectivity index (χ3n) is 3.67. The van der Waals surface area contributed by atoms with Crippen molar-refractivity contribution in [2.45, 2.75) is 32.2 Å². The van der Waals surface area contributed by atoms with Crippen LogP contribution in [0.3, 0.4) is 0 Å². The lowest BCUT2D eigenvalue weighted by Crippen LogP contribution is -2.16. The van der Waals surface area contributed by atoms with Crippen molar-refractivity contribution in [3.8, 4) is 11.4 Å². The first-order valence-electron chi connectivity index (χ1n) is 7.37. The molecule has 0 amide bonds. The molecule has 1 N–H and O–H groups in total. The van der Waals surface area contributed by atoms with Crippen LogP contribution in [0.1, 0.15) is 37.9 Å². The maximum atomic E-state index is 5.62. The van der Waals surface area contributed by atoms with Gasteiger partial charge in [0.15, 0.2) is 0 Å². The smallest absolute Gasteiger partial charge is 0.119 e. The molecule has 1 fully saturated rings. The summed E-state index contributed by atoms with van der Waals surface area (Å²) in [5.74, 6) is 0.927. The lowest BCUT2D eigenvalue weighted by atomic mass is 10.1. The van der Waals surface area contributed by atoms with E-state index < -0.39 is 0 Å². The lowest BCUT2D eigenvalue weighted by Gasteiger charge is -2.14. The summed E-state index contributed by atoms with van der Waals surface area (Å²) in [4.78, 5) is 4.31. The van der Waals surface area contributed by atoms with E-state index in [1.54, 1.807) is 0 Å². The van der Waals surface area contributed by atoms with E-state index in [0.717, 1.165) is 31.0 Å². The van der Waals surface area contributed by atoms with Gasteiger partial charge in [-0.2, -0.15) is 0 Å². The van der Waals surface area contributed by atoms with Gasteiger partial charge in [-0.3, -0.25) is 0 Å². The number of aromatic nitrogens is 2. The number of hydrogen-bond donors (Lipinski definition) is 1. The number of hydrogen-bond acceptors (Lipinski definition) is 3. The average molecular weight is 271 g/mol. The van der Waals surface area contributed by atoms with Crippen LogP contribution >= 0.6 is 0 Å². The minimum Gasteiger partial charge on any atom is -0.494 e. The van der Waals surface area contributed by atoms with Crippen molar-refractivity contribution in [3.05, 3.63) is 42.5 Å². The standard InChI is InChI=1S/C16H21N3O/c1-2-10-20-14-7-5-13(6-8-14)19-12-17-11-16(19)15-4-3-9-18-15/h5-8,11-12,15,18H,2-4,9-10H2,1H3/t15-/m0/s1. The molecule has 1 aromatic heterocycles. The first-order valence-corrected chi connectivity index (χ1v) is 7.37. The fraction of sp³-hybridized carbons (Fsp3) is 0.438. The molecule has 1 aliphatic rings. The molecule has 0 saturated carbocycles. The van der Waals surface area contributed by atoms with Gasteiger partial charge in [-0.1, -0.05) is 6.92 Å². The molecule has 0 bridgehead atoms.